The molecular weight excluding hydrogens is 330 g/mol. The molecule has 0 aliphatic carbocycles. The quantitative estimate of drug-likeness (QED) is 0.781. The lowest BCUT2D eigenvalue weighted by atomic mass is 9.68. The molecule has 3 aliphatic rings. The molecule has 0 bridgehead atoms. The number of piperidine rings is 1. The van der Waals surface area contributed by atoms with Crippen molar-refractivity contribution in [3.05, 3.63) is 35.4 Å². The average Bonchev–Trinajstić information content (AvgIpc) is 2.99. The van der Waals surface area contributed by atoms with Crippen LogP contribution in [0.1, 0.15) is 28.8 Å². The molecule has 1 aromatic rings. The van der Waals surface area contributed by atoms with Gasteiger partial charge in [-0.25, -0.2) is 0 Å². The number of Topliss-reactive ketones (excluding diaryl/α,β-unsaturated/α-hetero) is 1. The molecule has 6 nitrogen and oxygen atoms in total. The second-order valence-electron chi connectivity index (χ2n) is 7.58. The van der Waals surface area contributed by atoms with Crippen LogP contribution in [0.3, 0.4) is 0 Å². The van der Waals surface area contributed by atoms with Crippen LogP contribution in [0.2, 0.25) is 0 Å². The Morgan fingerprint density at radius 3 is 2.69 bits per heavy atom. The minimum absolute atomic E-state index is 0.0583. The van der Waals surface area contributed by atoms with Gasteiger partial charge in [-0.05, 0) is 31.5 Å². The zero-order chi connectivity index (χ0) is 18.0. The normalized spacial score (nSPS) is 26.0. The first-order valence-corrected chi connectivity index (χ1v) is 9.62. The van der Waals surface area contributed by atoms with Gasteiger partial charge in [-0.1, -0.05) is 24.3 Å². The van der Waals surface area contributed by atoms with E-state index in [1.165, 1.54) is 0 Å². The lowest BCUT2D eigenvalue weighted by Crippen LogP contribution is -2.46. The molecule has 3 heterocycles. The molecule has 1 spiro atoms. The number of hydrogen-bond acceptors (Lipinski definition) is 5. The fourth-order valence-corrected chi connectivity index (χ4v) is 4.60. The van der Waals surface area contributed by atoms with Gasteiger partial charge in [0.1, 0.15) is 0 Å². The largest absolute Gasteiger partial charge is 0.379 e. The van der Waals surface area contributed by atoms with Crippen molar-refractivity contribution in [2.75, 3.05) is 45.9 Å². The van der Waals surface area contributed by atoms with Gasteiger partial charge in [0.2, 0.25) is 5.91 Å². The summed E-state index contributed by atoms with van der Waals surface area (Å²) in [6.45, 7) is 6.08. The van der Waals surface area contributed by atoms with Crippen LogP contribution in [0.5, 0.6) is 0 Å². The summed E-state index contributed by atoms with van der Waals surface area (Å²) in [4.78, 5) is 28.4. The third kappa shape index (κ3) is 3.17. The molecule has 3 saturated heterocycles. The number of ketones is 1. The van der Waals surface area contributed by atoms with Gasteiger partial charge in [-0.15, -0.1) is 0 Å². The van der Waals surface area contributed by atoms with Crippen molar-refractivity contribution in [2.24, 2.45) is 11.3 Å². The number of nitrogens with one attached hydrogen (secondary N) is 2. The van der Waals surface area contributed by atoms with Crippen LogP contribution in [-0.2, 0) is 16.1 Å². The standard InChI is InChI=1S/C20H27N3O3/c24-18(17-13-22-19(25)20(17)5-7-21-8-6-20)16-4-2-1-3-15(16)14-23-9-11-26-12-10-23/h1-4,17,21H,5-14H2,(H,22,25). The zero-order valence-corrected chi connectivity index (χ0v) is 15.1. The Bertz CT molecular complexity index is 679. The van der Waals surface area contributed by atoms with Crippen LogP contribution < -0.4 is 10.6 Å². The van der Waals surface area contributed by atoms with E-state index in [0.717, 1.165) is 69.9 Å². The maximum absolute atomic E-state index is 13.5. The van der Waals surface area contributed by atoms with Gasteiger partial charge in [0.05, 0.1) is 24.5 Å². The molecule has 1 atom stereocenters. The van der Waals surface area contributed by atoms with E-state index in [1.807, 2.05) is 24.3 Å². The minimum atomic E-state index is -0.533. The number of nitrogens with zero attached hydrogens (tertiary/aromatic N) is 1. The number of benzene rings is 1. The minimum Gasteiger partial charge on any atom is -0.379 e. The molecule has 1 unspecified atom stereocenters. The van der Waals surface area contributed by atoms with E-state index in [9.17, 15) is 9.59 Å². The van der Waals surface area contributed by atoms with E-state index in [4.69, 9.17) is 4.74 Å². The van der Waals surface area contributed by atoms with Crippen LogP contribution in [0.4, 0.5) is 0 Å². The Hall–Kier alpha value is -1.76. The number of hydrogen-bond donors (Lipinski definition) is 2. The first-order valence-electron chi connectivity index (χ1n) is 9.62. The predicted octanol–water partition coefficient (Wildman–Crippen LogP) is 0.817. The smallest absolute Gasteiger partial charge is 0.227 e. The van der Waals surface area contributed by atoms with E-state index in [0.29, 0.717) is 6.54 Å². The topological polar surface area (TPSA) is 70.7 Å². The van der Waals surface area contributed by atoms with Crippen molar-refractivity contribution in [3.8, 4) is 0 Å². The number of amides is 1. The maximum atomic E-state index is 13.5. The molecule has 3 fully saturated rings. The molecule has 140 valence electrons. The molecule has 0 saturated carbocycles. The third-order valence-electron chi connectivity index (χ3n) is 6.18. The zero-order valence-electron chi connectivity index (χ0n) is 15.1. The van der Waals surface area contributed by atoms with E-state index in [1.54, 1.807) is 0 Å². The summed E-state index contributed by atoms with van der Waals surface area (Å²) in [6, 6.07) is 7.89. The number of morpholine rings is 1. The van der Waals surface area contributed by atoms with Gasteiger partial charge < -0.3 is 15.4 Å². The lowest BCUT2D eigenvalue weighted by molar-refractivity contribution is -0.129. The van der Waals surface area contributed by atoms with E-state index in [2.05, 4.69) is 15.5 Å². The van der Waals surface area contributed by atoms with Crippen LogP contribution in [0.25, 0.3) is 0 Å². The van der Waals surface area contributed by atoms with E-state index < -0.39 is 5.41 Å². The summed E-state index contributed by atoms with van der Waals surface area (Å²) in [5, 5.41) is 6.28. The summed E-state index contributed by atoms with van der Waals surface area (Å²) < 4.78 is 5.42. The highest BCUT2D eigenvalue weighted by Gasteiger charge is 2.53. The monoisotopic (exact) mass is 357 g/mol. The van der Waals surface area contributed by atoms with Gasteiger partial charge in [0.25, 0.3) is 0 Å². The molecule has 1 aromatic carbocycles. The summed E-state index contributed by atoms with van der Waals surface area (Å²) in [5.74, 6) is -0.0833. The highest BCUT2D eigenvalue weighted by atomic mass is 16.5. The second-order valence-corrected chi connectivity index (χ2v) is 7.58. The number of rotatable bonds is 4. The summed E-state index contributed by atoms with van der Waals surface area (Å²) in [7, 11) is 0. The van der Waals surface area contributed by atoms with Crippen molar-refractivity contribution in [3.63, 3.8) is 0 Å². The van der Waals surface area contributed by atoms with Gasteiger partial charge in [0, 0.05) is 31.7 Å². The summed E-state index contributed by atoms with van der Waals surface area (Å²) in [5.41, 5.74) is 1.30. The van der Waals surface area contributed by atoms with Crippen molar-refractivity contribution >= 4 is 11.7 Å². The Balaban J connectivity index is 1.58. The third-order valence-corrected chi connectivity index (χ3v) is 6.18. The predicted molar refractivity (Wildman–Crippen MR) is 97.9 cm³/mol. The fourth-order valence-electron chi connectivity index (χ4n) is 4.60. The highest BCUT2D eigenvalue weighted by Crippen LogP contribution is 2.42. The maximum Gasteiger partial charge on any atom is 0.227 e. The Kier molecular flexibility index (Phi) is 5.07. The molecule has 1 amide bonds. The molecule has 2 N–H and O–H groups in total. The number of carbonyl (C=O) groups excluding carboxylic acids is 2. The lowest BCUT2D eigenvalue weighted by Gasteiger charge is -2.36. The molecule has 0 aromatic heterocycles. The van der Waals surface area contributed by atoms with Crippen molar-refractivity contribution in [1.29, 1.82) is 0 Å². The Labute approximate surface area is 154 Å². The van der Waals surface area contributed by atoms with Crippen LogP contribution in [0.15, 0.2) is 24.3 Å². The Morgan fingerprint density at radius 1 is 1.19 bits per heavy atom. The van der Waals surface area contributed by atoms with Crippen LogP contribution in [-0.4, -0.2) is 62.5 Å². The van der Waals surface area contributed by atoms with Crippen LogP contribution in [0, 0.1) is 11.3 Å². The number of ether oxygens (including phenoxy) is 1. The van der Waals surface area contributed by atoms with Crippen molar-refractivity contribution in [2.45, 2.75) is 19.4 Å². The molecule has 0 radical (unpaired) electrons. The molecule has 6 heteroatoms. The van der Waals surface area contributed by atoms with E-state index in [-0.39, 0.29) is 17.6 Å². The summed E-state index contributed by atoms with van der Waals surface area (Å²) in [6.07, 6.45) is 1.47. The molecule has 3 aliphatic heterocycles. The molecular formula is C20H27N3O3. The second kappa shape index (κ2) is 7.47. The fraction of sp³-hybridized carbons (Fsp3) is 0.600. The van der Waals surface area contributed by atoms with Crippen molar-refractivity contribution < 1.29 is 14.3 Å². The van der Waals surface area contributed by atoms with Crippen molar-refractivity contribution in [1.82, 2.24) is 15.5 Å². The first-order chi connectivity index (χ1) is 12.7. The molecule has 26 heavy (non-hydrogen) atoms. The average molecular weight is 357 g/mol. The van der Waals surface area contributed by atoms with Gasteiger partial charge in [0.15, 0.2) is 5.78 Å². The SMILES string of the molecule is O=C(c1ccccc1CN1CCOCC1)C1CNC(=O)C12CCNCC2. The Morgan fingerprint density at radius 2 is 1.92 bits per heavy atom. The molecule has 4 rings (SSSR count). The highest BCUT2D eigenvalue weighted by molar-refractivity contribution is 6.04. The summed E-state index contributed by atoms with van der Waals surface area (Å²) >= 11 is 0. The van der Waals surface area contributed by atoms with Gasteiger partial charge in [-0.3, -0.25) is 14.5 Å². The van der Waals surface area contributed by atoms with E-state index >= 15 is 0 Å². The first kappa shape index (κ1) is 17.6. The van der Waals surface area contributed by atoms with Gasteiger partial charge >= 0.3 is 0 Å². The number of carbonyl (C=O) groups is 2. The van der Waals surface area contributed by atoms with Crippen LogP contribution >= 0.6 is 0 Å². The van der Waals surface area contributed by atoms with Gasteiger partial charge in [-0.2, -0.15) is 0 Å².